The van der Waals surface area contributed by atoms with Crippen LogP contribution >= 0.6 is 0 Å². The van der Waals surface area contributed by atoms with E-state index in [0.29, 0.717) is 25.2 Å². The summed E-state index contributed by atoms with van der Waals surface area (Å²) < 4.78 is 1.86. The van der Waals surface area contributed by atoms with Crippen molar-refractivity contribution in [3.05, 3.63) is 17.5 Å². The second-order valence-corrected chi connectivity index (χ2v) is 7.98. The van der Waals surface area contributed by atoms with E-state index in [1.807, 2.05) is 29.7 Å². The van der Waals surface area contributed by atoms with Crippen molar-refractivity contribution >= 4 is 11.9 Å². The van der Waals surface area contributed by atoms with Gasteiger partial charge in [0.05, 0.1) is 22.3 Å². The van der Waals surface area contributed by atoms with Crippen LogP contribution in [0.25, 0.3) is 0 Å². The molecule has 2 fully saturated rings. The Morgan fingerprint density at radius 3 is 2.38 bits per heavy atom. The van der Waals surface area contributed by atoms with Crippen LogP contribution in [0.15, 0.2) is 6.20 Å². The summed E-state index contributed by atoms with van der Waals surface area (Å²) in [4.78, 5) is 28.3. The van der Waals surface area contributed by atoms with E-state index >= 15 is 0 Å². The van der Waals surface area contributed by atoms with Gasteiger partial charge >= 0.3 is 6.03 Å². The maximum absolute atomic E-state index is 12.9. The zero-order chi connectivity index (χ0) is 17.7. The molecular formula is C17H27N5O2. The SMILES string of the molecule is Cc1nn(C(C)(C)C)cc1C(=O)N1CCC2(CC1)CNC(=O)N2C. The maximum atomic E-state index is 12.9. The van der Waals surface area contributed by atoms with Gasteiger partial charge in [-0.3, -0.25) is 9.48 Å². The lowest BCUT2D eigenvalue weighted by Crippen LogP contribution is -2.54. The van der Waals surface area contributed by atoms with E-state index in [2.05, 4.69) is 31.2 Å². The van der Waals surface area contributed by atoms with Crippen molar-refractivity contribution in [2.75, 3.05) is 26.7 Å². The Hall–Kier alpha value is -2.05. The Morgan fingerprint density at radius 2 is 1.92 bits per heavy atom. The first kappa shape index (κ1) is 16.8. The molecule has 0 radical (unpaired) electrons. The summed E-state index contributed by atoms with van der Waals surface area (Å²) in [5.74, 6) is 0.0396. The quantitative estimate of drug-likeness (QED) is 0.848. The third-order valence-electron chi connectivity index (χ3n) is 5.38. The zero-order valence-electron chi connectivity index (χ0n) is 15.2. The average Bonchev–Trinajstić information content (AvgIpc) is 3.04. The Labute approximate surface area is 143 Å². The molecule has 7 nitrogen and oxygen atoms in total. The minimum atomic E-state index is -0.145. The summed E-state index contributed by atoms with van der Waals surface area (Å²) in [5, 5.41) is 7.40. The minimum absolute atomic E-state index is 0.0166. The van der Waals surface area contributed by atoms with E-state index in [1.54, 1.807) is 4.90 Å². The molecule has 1 spiro atoms. The van der Waals surface area contributed by atoms with Crippen LogP contribution < -0.4 is 5.32 Å². The fourth-order valence-electron chi connectivity index (χ4n) is 3.51. The Bertz CT molecular complexity index is 665. The Kier molecular flexibility index (Phi) is 3.85. The molecule has 0 unspecified atom stereocenters. The van der Waals surface area contributed by atoms with Gasteiger partial charge in [-0.1, -0.05) is 0 Å². The highest BCUT2D eigenvalue weighted by atomic mass is 16.2. The number of carbonyl (C=O) groups is 2. The lowest BCUT2D eigenvalue weighted by atomic mass is 9.87. The number of likely N-dealkylation sites (tertiary alicyclic amines) is 1. The molecule has 3 amide bonds. The molecule has 0 bridgehead atoms. The number of rotatable bonds is 1. The summed E-state index contributed by atoms with van der Waals surface area (Å²) in [6, 6.07) is -0.0166. The molecule has 1 aromatic rings. The van der Waals surface area contributed by atoms with Gasteiger partial charge in [0.15, 0.2) is 0 Å². The standard InChI is InChI=1S/C17H27N5O2/c1-12-13(10-22(19-12)16(2,3)4)14(23)21-8-6-17(7-9-21)11-18-15(24)20(17)5/h10H,6-9,11H2,1-5H3,(H,18,24). The van der Waals surface area contributed by atoms with Gasteiger partial charge in [-0.2, -0.15) is 5.10 Å². The summed E-state index contributed by atoms with van der Waals surface area (Å²) in [6.07, 6.45) is 3.47. The Morgan fingerprint density at radius 1 is 1.29 bits per heavy atom. The molecule has 0 atom stereocenters. The number of hydrogen-bond acceptors (Lipinski definition) is 3. The molecule has 2 aliphatic heterocycles. The van der Waals surface area contributed by atoms with Crippen LogP contribution in [0.1, 0.15) is 49.7 Å². The molecule has 24 heavy (non-hydrogen) atoms. The number of nitrogens with zero attached hydrogens (tertiary/aromatic N) is 4. The number of likely N-dealkylation sites (N-methyl/N-ethyl adjacent to an activating group) is 1. The Balaban J connectivity index is 1.72. The number of aryl methyl sites for hydroxylation is 1. The molecular weight excluding hydrogens is 306 g/mol. The molecule has 1 aromatic heterocycles. The molecule has 0 aromatic carbocycles. The fraction of sp³-hybridized carbons (Fsp3) is 0.706. The van der Waals surface area contributed by atoms with Gasteiger partial charge in [-0.05, 0) is 40.5 Å². The fourth-order valence-corrected chi connectivity index (χ4v) is 3.51. The molecule has 132 valence electrons. The average molecular weight is 333 g/mol. The van der Waals surface area contributed by atoms with Crippen molar-refractivity contribution in [3.63, 3.8) is 0 Å². The highest BCUT2D eigenvalue weighted by molar-refractivity contribution is 5.95. The second-order valence-electron chi connectivity index (χ2n) is 7.98. The van der Waals surface area contributed by atoms with Gasteiger partial charge in [0.2, 0.25) is 0 Å². The first-order valence-electron chi connectivity index (χ1n) is 8.52. The second kappa shape index (κ2) is 5.50. The van der Waals surface area contributed by atoms with Crippen LogP contribution in [0.3, 0.4) is 0 Å². The minimum Gasteiger partial charge on any atom is -0.338 e. The van der Waals surface area contributed by atoms with Crippen molar-refractivity contribution in [1.82, 2.24) is 24.9 Å². The maximum Gasteiger partial charge on any atom is 0.317 e. The lowest BCUT2D eigenvalue weighted by Gasteiger charge is -2.42. The molecule has 0 aliphatic carbocycles. The smallest absolute Gasteiger partial charge is 0.317 e. The number of aromatic nitrogens is 2. The number of piperidine rings is 1. The normalized spacial score (nSPS) is 20.6. The number of urea groups is 1. The van der Waals surface area contributed by atoms with Gasteiger partial charge in [-0.25, -0.2) is 4.79 Å². The molecule has 1 N–H and O–H groups in total. The van der Waals surface area contributed by atoms with Gasteiger partial charge < -0.3 is 15.1 Å². The van der Waals surface area contributed by atoms with Crippen LogP contribution in [-0.4, -0.2) is 63.7 Å². The van der Waals surface area contributed by atoms with E-state index in [9.17, 15) is 9.59 Å². The van der Waals surface area contributed by atoms with Crippen LogP contribution in [0.5, 0.6) is 0 Å². The highest BCUT2D eigenvalue weighted by Gasteiger charge is 2.45. The third-order valence-corrected chi connectivity index (χ3v) is 5.38. The predicted molar refractivity (Wildman–Crippen MR) is 91.0 cm³/mol. The molecule has 2 aliphatic rings. The largest absolute Gasteiger partial charge is 0.338 e. The third kappa shape index (κ3) is 2.65. The van der Waals surface area contributed by atoms with Crippen molar-refractivity contribution in [2.24, 2.45) is 0 Å². The monoisotopic (exact) mass is 333 g/mol. The van der Waals surface area contributed by atoms with Gasteiger partial charge in [0.25, 0.3) is 5.91 Å². The first-order valence-corrected chi connectivity index (χ1v) is 8.52. The van der Waals surface area contributed by atoms with Crippen molar-refractivity contribution in [2.45, 2.75) is 51.6 Å². The van der Waals surface area contributed by atoms with E-state index in [4.69, 9.17) is 0 Å². The van der Waals surface area contributed by atoms with Gasteiger partial charge in [0.1, 0.15) is 0 Å². The molecule has 7 heteroatoms. The lowest BCUT2D eigenvalue weighted by molar-refractivity contribution is 0.0564. The van der Waals surface area contributed by atoms with Crippen molar-refractivity contribution in [3.8, 4) is 0 Å². The zero-order valence-corrected chi connectivity index (χ0v) is 15.2. The van der Waals surface area contributed by atoms with Crippen LogP contribution in [0.4, 0.5) is 4.79 Å². The number of carbonyl (C=O) groups excluding carboxylic acids is 2. The van der Waals surface area contributed by atoms with Gasteiger partial charge in [-0.15, -0.1) is 0 Å². The van der Waals surface area contributed by atoms with Gasteiger partial charge in [0, 0.05) is 32.9 Å². The summed E-state index contributed by atoms with van der Waals surface area (Å²) in [7, 11) is 1.84. The molecule has 3 rings (SSSR count). The van der Waals surface area contributed by atoms with E-state index in [1.165, 1.54) is 0 Å². The molecule has 3 heterocycles. The summed E-state index contributed by atoms with van der Waals surface area (Å²) >= 11 is 0. The van der Waals surface area contributed by atoms with Crippen LogP contribution in [0.2, 0.25) is 0 Å². The van der Waals surface area contributed by atoms with Crippen molar-refractivity contribution in [1.29, 1.82) is 0 Å². The first-order chi connectivity index (χ1) is 11.1. The topological polar surface area (TPSA) is 70.5 Å². The summed E-state index contributed by atoms with van der Waals surface area (Å²) in [6.45, 7) is 10.1. The molecule has 0 saturated carbocycles. The van der Waals surface area contributed by atoms with Crippen molar-refractivity contribution < 1.29 is 9.59 Å². The predicted octanol–water partition coefficient (Wildman–Crippen LogP) is 1.58. The number of hydrogen-bond donors (Lipinski definition) is 1. The van der Waals surface area contributed by atoms with Crippen LogP contribution in [-0.2, 0) is 5.54 Å². The highest BCUT2D eigenvalue weighted by Crippen LogP contribution is 2.31. The van der Waals surface area contributed by atoms with Crippen LogP contribution in [0, 0.1) is 6.92 Å². The molecule has 2 saturated heterocycles. The van der Waals surface area contributed by atoms with E-state index in [-0.39, 0.29) is 23.0 Å². The summed E-state index contributed by atoms with van der Waals surface area (Å²) in [5.41, 5.74) is 1.16. The van der Waals surface area contributed by atoms with E-state index in [0.717, 1.165) is 18.5 Å². The van der Waals surface area contributed by atoms with E-state index < -0.39 is 0 Å². The number of amides is 3. The number of nitrogens with one attached hydrogen (secondary N) is 1.